The van der Waals surface area contributed by atoms with Gasteiger partial charge in [0, 0.05) is 32.7 Å². The molecule has 1 saturated heterocycles. The van der Waals surface area contributed by atoms with Crippen molar-refractivity contribution in [2.75, 3.05) is 33.4 Å². The van der Waals surface area contributed by atoms with Crippen molar-refractivity contribution in [1.82, 2.24) is 4.90 Å². The van der Waals surface area contributed by atoms with E-state index in [1.165, 1.54) is 0 Å². The molecule has 0 spiro atoms. The van der Waals surface area contributed by atoms with Gasteiger partial charge in [-0.15, -0.1) is 0 Å². The molecule has 2 atom stereocenters. The van der Waals surface area contributed by atoms with Crippen molar-refractivity contribution in [2.45, 2.75) is 18.6 Å². The van der Waals surface area contributed by atoms with E-state index >= 15 is 0 Å². The molecule has 110 valence electrons. The number of carbonyl (C=O) groups excluding carboxylic acids is 1. The highest BCUT2D eigenvalue weighted by Gasteiger charge is 2.25. The molecule has 2 rings (SSSR count). The Bertz CT molecular complexity index is 422. The second-order valence-corrected chi connectivity index (χ2v) is 5.01. The molecule has 0 aliphatic carbocycles. The zero-order valence-corrected chi connectivity index (χ0v) is 11.8. The van der Waals surface area contributed by atoms with E-state index in [2.05, 4.69) is 0 Å². The number of nitrogens with two attached hydrogens (primary N) is 1. The first-order valence-electron chi connectivity index (χ1n) is 6.89. The Morgan fingerprint density at radius 3 is 2.95 bits per heavy atom. The van der Waals surface area contributed by atoms with Crippen molar-refractivity contribution in [2.24, 2.45) is 5.73 Å². The summed E-state index contributed by atoms with van der Waals surface area (Å²) in [6.07, 6.45) is 0.287. The van der Waals surface area contributed by atoms with E-state index in [-0.39, 0.29) is 18.1 Å². The Hall–Kier alpha value is -1.43. The molecule has 0 bridgehead atoms. The van der Waals surface area contributed by atoms with Crippen LogP contribution in [-0.2, 0) is 14.3 Å². The van der Waals surface area contributed by atoms with Crippen LogP contribution in [0.1, 0.15) is 18.0 Å². The van der Waals surface area contributed by atoms with Gasteiger partial charge in [0.25, 0.3) is 0 Å². The van der Waals surface area contributed by atoms with Gasteiger partial charge in [0.05, 0.1) is 19.3 Å². The highest BCUT2D eigenvalue weighted by atomic mass is 16.5. The highest BCUT2D eigenvalue weighted by Crippen LogP contribution is 2.16. The third-order valence-electron chi connectivity index (χ3n) is 3.47. The fourth-order valence-electron chi connectivity index (χ4n) is 2.37. The van der Waals surface area contributed by atoms with E-state index in [1.807, 2.05) is 35.2 Å². The van der Waals surface area contributed by atoms with Crippen LogP contribution < -0.4 is 5.73 Å². The topological polar surface area (TPSA) is 64.8 Å². The van der Waals surface area contributed by atoms with Gasteiger partial charge in [0.15, 0.2) is 0 Å². The fourth-order valence-corrected chi connectivity index (χ4v) is 2.37. The van der Waals surface area contributed by atoms with E-state index in [0.717, 1.165) is 5.56 Å². The van der Waals surface area contributed by atoms with Crippen LogP contribution in [-0.4, -0.2) is 50.3 Å². The summed E-state index contributed by atoms with van der Waals surface area (Å²) in [5.41, 5.74) is 7.08. The number of hydrogen-bond acceptors (Lipinski definition) is 4. The average molecular weight is 278 g/mol. The second-order valence-electron chi connectivity index (χ2n) is 5.01. The van der Waals surface area contributed by atoms with Crippen molar-refractivity contribution in [1.29, 1.82) is 0 Å². The highest BCUT2D eigenvalue weighted by molar-refractivity contribution is 5.77. The minimum atomic E-state index is -0.257. The molecule has 0 radical (unpaired) electrons. The van der Waals surface area contributed by atoms with Gasteiger partial charge in [-0.2, -0.15) is 0 Å². The Labute approximate surface area is 119 Å². The number of amides is 1. The summed E-state index contributed by atoms with van der Waals surface area (Å²) in [6.45, 7) is 2.27. The normalized spacial score (nSPS) is 20.7. The van der Waals surface area contributed by atoms with E-state index in [4.69, 9.17) is 15.2 Å². The Balaban J connectivity index is 1.88. The smallest absolute Gasteiger partial charge is 0.224 e. The van der Waals surface area contributed by atoms with Crippen LogP contribution >= 0.6 is 0 Å². The third kappa shape index (κ3) is 4.03. The van der Waals surface area contributed by atoms with E-state index in [0.29, 0.717) is 32.7 Å². The fraction of sp³-hybridized carbons (Fsp3) is 0.533. The summed E-state index contributed by atoms with van der Waals surface area (Å²) in [5, 5.41) is 0. The third-order valence-corrected chi connectivity index (χ3v) is 3.47. The minimum absolute atomic E-state index is 0.0364. The van der Waals surface area contributed by atoms with Crippen molar-refractivity contribution < 1.29 is 14.3 Å². The number of nitrogens with zero attached hydrogens (tertiary/aromatic N) is 1. The van der Waals surface area contributed by atoms with Gasteiger partial charge in [-0.25, -0.2) is 0 Å². The van der Waals surface area contributed by atoms with E-state index in [9.17, 15) is 4.79 Å². The molecule has 0 aromatic heterocycles. The molecule has 5 nitrogen and oxygen atoms in total. The predicted octanol–water partition coefficient (Wildman–Crippen LogP) is 0.950. The molecule has 5 heteroatoms. The zero-order chi connectivity index (χ0) is 14.4. The second kappa shape index (κ2) is 7.38. The number of methoxy groups -OCH3 is 1. The SMILES string of the molecule is COCC1CN(C(=O)CC(N)c2ccccc2)CCO1. The lowest BCUT2D eigenvalue weighted by Crippen LogP contribution is -2.47. The number of hydrogen-bond donors (Lipinski definition) is 1. The monoisotopic (exact) mass is 278 g/mol. The van der Waals surface area contributed by atoms with Crippen LogP contribution in [0.25, 0.3) is 0 Å². The van der Waals surface area contributed by atoms with Gasteiger partial charge in [-0.1, -0.05) is 30.3 Å². The lowest BCUT2D eigenvalue weighted by atomic mass is 10.0. The molecule has 2 N–H and O–H groups in total. The Kier molecular flexibility index (Phi) is 5.52. The van der Waals surface area contributed by atoms with E-state index < -0.39 is 0 Å². The van der Waals surface area contributed by atoms with Gasteiger partial charge in [0.1, 0.15) is 0 Å². The molecule has 1 heterocycles. The maximum atomic E-state index is 12.3. The van der Waals surface area contributed by atoms with Crippen molar-refractivity contribution in [3.63, 3.8) is 0 Å². The first-order valence-corrected chi connectivity index (χ1v) is 6.89. The zero-order valence-electron chi connectivity index (χ0n) is 11.8. The van der Waals surface area contributed by atoms with Crippen LogP contribution in [0.15, 0.2) is 30.3 Å². The van der Waals surface area contributed by atoms with Crippen molar-refractivity contribution in [3.05, 3.63) is 35.9 Å². The van der Waals surface area contributed by atoms with Gasteiger partial charge in [-0.3, -0.25) is 4.79 Å². The molecule has 1 aliphatic rings. The lowest BCUT2D eigenvalue weighted by Gasteiger charge is -2.33. The number of morpholine rings is 1. The van der Waals surface area contributed by atoms with Crippen molar-refractivity contribution in [3.8, 4) is 0 Å². The molecule has 1 aromatic rings. The molecule has 1 amide bonds. The largest absolute Gasteiger partial charge is 0.382 e. The average Bonchev–Trinajstić information content (AvgIpc) is 2.48. The molecule has 0 saturated carbocycles. The number of carbonyl (C=O) groups is 1. The maximum Gasteiger partial charge on any atom is 0.224 e. The van der Waals surface area contributed by atoms with Crippen LogP contribution in [0.3, 0.4) is 0 Å². The maximum absolute atomic E-state index is 12.3. The molecular formula is C15H22N2O3. The van der Waals surface area contributed by atoms with Crippen LogP contribution in [0.5, 0.6) is 0 Å². The molecule has 2 unspecified atom stereocenters. The quantitative estimate of drug-likeness (QED) is 0.871. The molecule has 20 heavy (non-hydrogen) atoms. The van der Waals surface area contributed by atoms with Crippen LogP contribution in [0, 0.1) is 0 Å². The molecule has 1 aromatic carbocycles. The standard InChI is InChI=1S/C15H22N2O3/c1-19-11-13-10-17(7-8-20-13)15(18)9-14(16)12-5-3-2-4-6-12/h2-6,13-14H,7-11,16H2,1H3. The lowest BCUT2D eigenvalue weighted by molar-refractivity contribution is -0.141. The van der Waals surface area contributed by atoms with Gasteiger partial charge < -0.3 is 20.1 Å². The molecular weight excluding hydrogens is 256 g/mol. The summed E-state index contributed by atoms with van der Waals surface area (Å²) in [6, 6.07) is 9.45. The summed E-state index contributed by atoms with van der Waals surface area (Å²) >= 11 is 0. The first-order chi connectivity index (χ1) is 9.70. The summed E-state index contributed by atoms with van der Waals surface area (Å²) in [7, 11) is 1.63. The van der Waals surface area contributed by atoms with Gasteiger partial charge in [0.2, 0.25) is 5.91 Å². The predicted molar refractivity (Wildman–Crippen MR) is 76.2 cm³/mol. The number of rotatable bonds is 5. The Morgan fingerprint density at radius 2 is 2.25 bits per heavy atom. The molecule has 1 fully saturated rings. The van der Waals surface area contributed by atoms with Gasteiger partial charge in [-0.05, 0) is 5.56 Å². The Morgan fingerprint density at radius 1 is 1.50 bits per heavy atom. The first kappa shape index (κ1) is 15.0. The van der Waals surface area contributed by atoms with E-state index in [1.54, 1.807) is 7.11 Å². The number of benzene rings is 1. The van der Waals surface area contributed by atoms with Crippen LogP contribution in [0.2, 0.25) is 0 Å². The van der Waals surface area contributed by atoms with Crippen molar-refractivity contribution >= 4 is 5.91 Å². The minimum Gasteiger partial charge on any atom is -0.382 e. The summed E-state index contributed by atoms with van der Waals surface area (Å²) in [4.78, 5) is 14.1. The van der Waals surface area contributed by atoms with Gasteiger partial charge >= 0.3 is 0 Å². The van der Waals surface area contributed by atoms with Crippen LogP contribution in [0.4, 0.5) is 0 Å². The molecule has 1 aliphatic heterocycles. The summed E-state index contributed by atoms with van der Waals surface area (Å²) in [5.74, 6) is 0.0748. The summed E-state index contributed by atoms with van der Waals surface area (Å²) < 4.78 is 10.6. The number of ether oxygens (including phenoxy) is 2.